The van der Waals surface area contributed by atoms with Crippen molar-refractivity contribution >= 4 is 17.5 Å². The third-order valence-corrected chi connectivity index (χ3v) is 3.02. The number of hydrogen-bond acceptors (Lipinski definition) is 4. The van der Waals surface area contributed by atoms with E-state index in [0.717, 1.165) is 17.1 Å². The Morgan fingerprint density at radius 3 is 2.64 bits per heavy atom. The molecule has 1 aromatic heterocycles. The fourth-order valence-corrected chi connectivity index (χ4v) is 2.06. The summed E-state index contributed by atoms with van der Waals surface area (Å²) in [4.78, 5) is 22.8. The van der Waals surface area contributed by atoms with E-state index in [1.807, 2.05) is 38.1 Å². The first-order valence-corrected chi connectivity index (χ1v) is 6.90. The molecule has 0 spiro atoms. The van der Waals surface area contributed by atoms with Gasteiger partial charge in [-0.05, 0) is 38.1 Å². The lowest BCUT2D eigenvalue weighted by Crippen LogP contribution is -2.36. The number of aryl methyl sites for hydroxylation is 2. The van der Waals surface area contributed by atoms with Crippen molar-refractivity contribution < 1.29 is 9.59 Å². The lowest BCUT2D eigenvalue weighted by molar-refractivity contribution is -0.123. The fourth-order valence-electron chi connectivity index (χ4n) is 2.06. The van der Waals surface area contributed by atoms with E-state index in [2.05, 4.69) is 15.7 Å². The summed E-state index contributed by atoms with van der Waals surface area (Å²) < 4.78 is 1.81. The summed E-state index contributed by atoms with van der Waals surface area (Å²) in [6.07, 6.45) is 0. The number of carbonyl (C=O) groups excluding carboxylic acids is 2. The summed E-state index contributed by atoms with van der Waals surface area (Å²) >= 11 is 0. The first-order chi connectivity index (χ1) is 10.5. The van der Waals surface area contributed by atoms with Gasteiger partial charge in [0.05, 0.1) is 24.5 Å². The highest BCUT2D eigenvalue weighted by Crippen LogP contribution is 2.16. The molecule has 7 heteroatoms. The van der Waals surface area contributed by atoms with Crippen molar-refractivity contribution in [2.45, 2.75) is 13.8 Å². The van der Waals surface area contributed by atoms with Gasteiger partial charge in [0.2, 0.25) is 11.8 Å². The van der Waals surface area contributed by atoms with E-state index in [0.29, 0.717) is 5.69 Å². The highest BCUT2D eigenvalue weighted by molar-refractivity contribution is 5.94. The highest BCUT2D eigenvalue weighted by atomic mass is 16.2. The van der Waals surface area contributed by atoms with Crippen LogP contribution in [-0.4, -0.2) is 34.7 Å². The minimum atomic E-state index is -0.369. The maximum absolute atomic E-state index is 11.8. The second-order valence-electron chi connectivity index (χ2n) is 4.92. The average molecular weight is 301 g/mol. The van der Waals surface area contributed by atoms with Crippen LogP contribution in [-0.2, 0) is 9.59 Å². The minimum Gasteiger partial charge on any atom is -0.346 e. The molecule has 0 fully saturated rings. The van der Waals surface area contributed by atoms with Crippen LogP contribution in [0.25, 0.3) is 5.69 Å². The Balaban J connectivity index is 2.07. The normalized spacial score (nSPS) is 10.3. The molecule has 1 aromatic carbocycles. The van der Waals surface area contributed by atoms with E-state index in [1.165, 1.54) is 0 Å². The second kappa shape index (κ2) is 6.86. The van der Waals surface area contributed by atoms with E-state index >= 15 is 0 Å². The lowest BCUT2D eigenvalue weighted by Gasteiger charge is -2.09. The van der Waals surface area contributed by atoms with Crippen LogP contribution in [0.15, 0.2) is 30.3 Å². The Hall–Kier alpha value is -2.67. The molecule has 0 bridgehead atoms. The van der Waals surface area contributed by atoms with Crippen LogP contribution in [0.3, 0.4) is 0 Å². The first-order valence-electron chi connectivity index (χ1n) is 6.90. The minimum absolute atomic E-state index is 0.111. The zero-order chi connectivity index (χ0) is 16.1. The molecule has 0 saturated heterocycles. The van der Waals surface area contributed by atoms with Crippen molar-refractivity contribution in [1.82, 2.24) is 15.1 Å². The summed E-state index contributed by atoms with van der Waals surface area (Å²) in [6.45, 7) is 3.64. The number of nitrogens with zero attached hydrogens (tertiary/aromatic N) is 2. The molecule has 1 heterocycles. The zero-order valence-electron chi connectivity index (χ0n) is 12.6. The molecule has 116 valence electrons. The van der Waals surface area contributed by atoms with E-state index < -0.39 is 0 Å². The van der Waals surface area contributed by atoms with Crippen molar-refractivity contribution in [3.8, 4) is 5.69 Å². The van der Waals surface area contributed by atoms with Gasteiger partial charge in [0.15, 0.2) is 0 Å². The Labute approximate surface area is 128 Å². The van der Waals surface area contributed by atoms with Gasteiger partial charge in [0, 0.05) is 11.4 Å². The van der Waals surface area contributed by atoms with Crippen LogP contribution >= 0.6 is 0 Å². The number of amides is 2. The zero-order valence-corrected chi connectivity index (χ0v) is 12.6. The Bertz CT molecular complexity index is 693. The third-order valence-electron chi connectivity index (χ3n) is 3.02. The van der Waals surface area contributed by atoms with Crippen LogP contribution in [0.2, 0.25) is 0 Å². The van der Waals surface area contributed by atoms with Gasteiger partial charge in [0.25, 0.3) is 0 Å². The van der Waals surface area contributed by atoms with Gasteiger partial charge in [-0.25, -0.2) is 4.68 Å². The molecule has 2 aromatic rings. The molecule has 0 saturated carbocycles. The van der Waals surface area contributed by atoms with Crippen LogP contribution in [0.1, 0.15) is 11.4 Å². The summed E-state index contributed by atoms with van der Waals surface area (Å²) in [5, 5.41) is 9.54. The van der Waals surface area contributed by atoms with Gasteiger partial charge in [-0.15, -0.1) is 0 Å². The Morgan fingerprint density at radius 1 is 1.23 bits per heavy atom. The van der Waals surface area contributed by atoms with Crippen molar-refractivity contribution in [3.63, 3.8) is 0 Å². The Kier molecular flexibility index (Phi) is 4.90. The molecular formula is C15H19N5O2. The standard InChI is InChI=1S/C15H19N5O2/c1-10-6-11(2)20(19-10)13-5-3-4-12(7-13)18-15(22)9-17-14(21)8-16/h3-7H,8-9,16H2,1-2H3,(H,17,21)(H,18,22). The van der Waals surface area contributed by atoms with Crippen molar-refractivity contribution in [3.05, 3.63) is 41.7 Å². The number of anilines is 1. The van der Waals surface area contributed by atoms with E-state index in [4.69, 9.17) is 5.73 Å². The predicted molar refractivity (Wildman–Crippen MR) is 83.7 cm³/mol. The average Bonchev–Trinajstić information content (AvgIpc) is 2.83. The fraction of sp³-hybridized carbons (Fsp3) is 0.267. The molecule has 0 radical (unpaired) electrons. The van der Waals surface area contributed by atoms with Crippen LogP contribution in [0, 0.1) is 13.8 Å². The second-order valence-corrected chi connectivity index (χ2v) is 4.92. The van der Waals surface area contributed by atoms with Crippen LogP contribution in [0.5, 0.6) is 0 Å². The molecule has 0 aliphatic rings. The molecule has 0 aliphatic carbocycles. The smallest absolute Gasteiger partial charge is 0.243 e. The van der Waals surface area contributed by atoms with Gasteiger partial charge in [-0.1, -0.05) is 6.07 Å². The third kappa shape index (κ3) is 3.92. The van der Waals surface area contributed by atoms with Gasteiger partial charge < -0.3 is 16.4 Å². The maximum Gasteiger partial charge on any atom is 0.243 e. The Morgan fingerprint density at radius 2 is 2.00 bits per heavy atom. The molecule has 2 amide bonds. The molecule has 4 N–H and O–H groups in total. The number of hydrogen-bond donors (Lipinski definition) is 3. The molecule has 7 nitrogen and oxygen atoms in total. The van der Waals surface area contributed by atoms with Gasteiger partial charge in [0.1, 0.15) is 0 Å². The quantitative estimate of drug-likeness (QED) is 0.748. The van der Waals surface area contributed by atoms with Crippen LogP contribution < -0.4 is 16.4 Å². The number of nitrogens with two attached hydrogens (primary N) is 1. The van der Waals surface area contributed by atoms with E-state index in [1.54, 1.807) is 10.7 Å². The molecule has 0 aliphatic heterocycles. The number of benzene rings is 1. The van der Waals surface area contributed by atoms with Crippen molar-refractivity contribution in [1.29, 1.82) is 0 Å². The lowest BCUT2D eigenvalue weighted by atomic mass is 10.2. The van der Waals surface area contributed by atoms with Crippen LogP contribution in [0.4, 0.5) is 5.69 Å². The number of nitrogens with one attached hydrogen (secondary N) is 2. The summed E-state index contributed by atoms with van der Waals surface area (Å²) in [7, 11) is 0. The number of rotatable bonds is 5. The van der Waals surface area contributed by atoms with E-state index in [9.17, 15) is 9.59 Å². The number of aromatic nitrogens is 2. The first kappa shape index (κ1) is 15.7. The SMILES string of the molecule is Cc1cc(C)n(-c2cccc(NC(=O)CNC(=O)CN)c2)n1. The largest absolute Gasteiger partial charge is 0.346 e. The molecule has 0 unspecified atom stereocenters. The molecule has 22 heavy (non-hydrogen) atoms. The molecule has 0 atom stereocenters. The summed E-state index contributed by atoms with van der Waals surface area (Å²) in [5.74, 6) is -0.682. The van der Waals surface area contributed by atoms with Gasteiger partial charge >= 0.3 is 0 Å². The van der Waals surface area contributed by atoms with E-state index in [-0.39, 0.29) is 24.9 Å². The number of carbonyl (C=O) groups is 2. The highest BCUT2D eigenvalue weighted by Gasteiger charge is 2.07. The van der Waals surface area contributed by atoms with Gasteiger partial charge in [-0.2, -0.15) is 5.10 Å². The molecule has 2 rings (SSSR count). The monoisotopic (exact) mass is 301 g/mol. The predicted octanol–water partition coefficient (Wildman–Crippen LogP) is 0.503. The summed E-state index contributed by atoms with van der Waals surface area (Å²) in [5.41, 5.74) is 8.59. The van der Waals surface area contributed by atoms with Crippen molar-refractivity contribution in [2.75, 3.05) is 18.4 Å². The molecular weight excluding hydrogens is 282 g/mol. The van der Waals surface area contributed by atoms with Gasteiger partial charge in [-0.3, -0.25) is 9.59 Å². The maximum atomic E-state index is 11.8. The summed E-state index contributed by atoms with van der Waals surface area (Å²) in [6, 6.07) is 9.32. The van der Waals surface area contributed by atoms with Crippen molar-refractivity contribution in [2.24, 2.45) is 5.73 Å². The topological polar surface area (TPSA) is 102 Å².